The van der Waals surface area contributed by atoms with Crippen molar-refractivity contribution < 1.29 is 0 Å². The molecule has 0 aromatic carbocycles. The summed E-state index contributed by atoms with van der Waals surface area (Å²) in [5, 5.41) is 0. The van der Waals surface area contributed by atoms with E-state index in [1.54, 1.807) is 0 Å². The summed E-state index contributed by atoms with van der Waals surface area (Å²) in [7, 11) is 0. The van der Waals surface area contributed by atoms with E-state index in [9.17, 15) is 0 Å². The molecule has 1 saturated heterocycles. The standard InChI is InChI=1S/C10H21N3S/c1-2-12(9-10(11)14)7-8-13-5-3-4-6-13/h2-9H2,1H3,(H2,11,14). The first kappa shape index (κ1) is 11.9. The molecule has 1 heterocycles. The van der Waals surface area contributed by atoms with Crippen LogP contribution in [-0.2, 0) is 0 Å². The number of nitrogens with two attached hydrogens (primary N) is 1. The monoisotopic (exact) mass is 215 g/mol. The Hall–Kier alpha value is -0.190. The van der Waals surface area contributed by atoms with E-state index in [1.807, 2.05) is 0 Å². The largest absolute Gasteiger partial charge is 0.392 e. The van der Waals surface area contributed by atoms with Gasteiger partial charge in [-0.25, -0.2) is 0 Å². The molecule has 14 heavy (non-hydrogen) atoms. The molecule has 0 unspecified atom stereocenters. The molecule has 82 valence electrons. The van der Waals surface area contributed by atoms with Crippen LogP contribution in [-0.4, -0.2) is 54.1 Å². The van der Waals surface area contributed by atoms with Crippen molar-refractivity contribution in [2.45, 2.75) is 19.8 Å². The average molecular weight is 215 g/mol. The Morgan fingerprint density at radius 3 is 2.57 bits per heavy atom. The lowest BCUT2D eigenvalue weighted by Crippen LogP contribution is -2.38. The van der Waals surface area contributed by atoms with E-state index >= 15 is 0 Å². The lowest BCUT2D eigenvalue weighted by atomic mass is 10.4. The van der Waals surface area contributed by atoms with Gasteiger partial charge < -0.3 is 10.6 Å². The number of likely N-dealkylation sites (N-methyl/N-ethyl adjacent to an activating group) is 1. The number of thiocarbonyl (C=S) groups is 1. The molecular formula is C10H21N3S. The number of likely N-dealkylation sites (tertiary alicyclic amines) is 1. The van der Waals surface area contributed by atoms with Crippen molar-refractivity contribution in [3.8, 4) is 0 Å². The molecule has 1 aliphatic heterocycles. The molecule has 0 aromatic rings. The molecular weight excluding hydrogens is 194 g/mol. The van der Waals surface area contributed by atoms with E-state index in [2.05, 4.69) is 16.7 Å². The number of hydrogen-bond acceptors (Lipinski definition) is 3. The summed E-state index contributed by atoms with van der Waals surface area (Å²) in [6, 6.07) is 0. The summed E-state index contributed by atoms with van der Waals surface area (Å²) < 4.78 is 0. The van der Waals surface area contributed by atoms with E-state index in [1.165, 1.54) is 25.9 Å². The van der Waals surface area contributed by atoms with Gasteiger partial charge in [-0.05, 0) is 32.5 Å². The molecule has 0 atom stereocenters. The summed E-state index contributed by atoms with van der Waals surface area (Å²) in [6.07, 6.45) is 2.73. The first-order valence-electron chi connectivity index (χ1n) is 5.45. The van der Waals surface area contributed by atoms with Gasteiger partial charge in [-0.3, -0.25) is 4.90 Å². The quantitative estimate of drug-likeness (QED) is 0.661. The van der Waals surface area contributed by atoms with Gasteiger partial charge in [-0.15, -0.1) is 0 Å². The highest BCUT2D eigenvalue weighted by molar-refractivity contribution is 7.80. The predicted molar refractivity (Wildman–Crippen MR) is 64.6 cm³/mol. The van der Waals surface area contributed by atoms with Crippen molar-refractivity contribution in [1.29, 1.82) is 0 Å². The summed E-state index contributed by atoms with van der Waals surface area (Å²) in [5.74, 6) is 0. The Balaban J connectivity index is 2.15. The van der Waals surface area contributed by atoms with Gasteiger partial charge in [0.15, 0.2) is 0 Å². The van der Waals surface area contributed by atoms with Crippen LogP contribution in [0.25, 0.3) is 0 Å². The third-order valence-corrected chi connectivity index (χ3v) is 2.89. The lowest BCUT2D eigenvalue weighted by Gasteiger charge is -2.23. The van der Waals surface area contributed by atoms with E-state index in [0.717, 1.165) is 26.2 Å². The highest BCUT2D eigenvalue weighted by Gasteiger charge is 2.12. The van der Waals surface area contributed by atoms with Crippen LogP contribution in [0.15, 0.2) is 0 Å². The minimum Gasteiger partial charge on any atom is -0.392 e. The van der Waals surface area contributed by atoms with Gasteiger partial charge in [-0.2, -0.15) is 0 Å². The molecule has 1 aliphatic rings. The van der Waals surface area contributed by atoms with Gasteiger partial charge in [0.25, 0.3) is 0 Å². The zero-order chi connectivity index (χ0) is 10.4. The fraction of sp³-hybridized carbons (Fsp3) is 0.900. The van der Waals surface area contributed by atoms with Crippen LogP contribution in [0.2, 0.25) is 0 Å². The third-order valence-electron chi connectivity index (χ3n) is 2.76. The molecule has 2 N–H and O–H groups in total. The second kappa shape index (κ2) is 6.32. The van der Waals surface area contributed by atoms with Gasteiger partial charge in [-0.1, -0.05) is 19.1 Å². The van der Waals surface area contributed by atoms with Gasteiger partial charge in [0.2, 0.25) is 0 Å². The van der Waals surface area contributed by atoms with Crippen LogP contribution in [0.4, 0.5) is 0 Å². The Kier molecular flexibility index (Phi) is 5.37. The average Bonchev–Trinajstić information content (AvgIpc) is 2.64. The minimum atomic E-state index is 0.605. The minimum absolute atomic E-state index is 0.605. The molecule has 3 nitrogen and oxygen atoms in total. The van der Waals surface area contributed by atoms with Gasteiger partial charge in [0, 0.05) is 19.6 Å². The summed E-state index contributed by atoms with van der Waals surface area (Å²) in [4.78, 5) is 5.43. The molecule has 0 aromatic heterocycles. The first-order valence-corrected chi connectivity index (χ1v) is 5.86. The highest BCUT2D eigenvalue weighted by atomic mass is 32.1. The number of rotatable bonds is 6. The number of hydrogen-bond donors (Lipinski definition) is 1. The fourth-order valence-corrected chi connectivity index (χ4v) is 2.04. The zero-order valence-electron chi connectivity index (χ0n) is 9.04. The summed E-state index contributed by atoms with van der Waals surface area (Å²) in [5.41, 5.74) is 5.53. The number of nitrogens with zero attached hydrogens (tertiary/aromatic N) is 2. The Bertz CT molecular complexity index is 178. The lowest BCUT2D eigenvalue weighted by molar-refractivity contribution is 0.253. The van der Waals surface area contributed by atoms with E-state index in [-0.39, 0.29) is 0 Å². The van der Waals surface area contributed by atoms with Crippen LogP contribution in [0.5, 0.6) is 0 Å². The fourth-order valence-electron chi connectivity index (χ4n) is 1.86. The van der Waals surface area contributed by atoms with Crippen LogP contribution in [0.3, 0.4) is 0 Å². The van der Waals surface area contributed by atoms with Crippen LogP contribution >= 0.6 is 12.2 Å². The molecule has 0 radical (unpaired) electrons. The van der Waals surface area contributed by atoms with Gasteiger partial charge >= 0.3 is 0 Å². The normalized spacial score (nSPS) is 17.9. The predicted octanol–water partition coefficient (Wildman–Crippen LogP) is 0.690. The SMILES string of the molecule is CCN(CCN1CCCC1)CC(N)=S. The highest BCUT2D eigenvalue weighted by Crippen LogP contribution is 2.06. The van der Waals surface area contributed by atoms with Crippen molar-refractivity contribution in [3.05, 3.63) is 0 Å². The second-order valence-electron chi connectivity index (χ2n) is 3.88. The molecule has 1 rings (SSSR count). The summed E-state index contributed by atoms with van der Waals surface area (Å²) >= 11 is 4.91. The molecule has 1 fully saturated rings. The maximum absolute atomic E-state index is 5.53. The van der Waals surface area contributed by atoms with Crippen LogP contribution < -0.4 is 5.73 Å². The van der Waals surface area contributed by atoms with Crippen molar-refractivity contribution in [3.63, 3.8) is 0 Å². The third kappa shape index (κ3) is 4.35. The Morgan fingerprint density at radius 1 is 1.43 bits per heavy atom. The molecule has 4 heteroatoms. The second-order valence-corrected chi connectivity index (χ2v) is 4.41. The topological polar surface area (TPSA) is 32.5 Å². The van der Waals surface area contributed by atoms with Crippen molar-refractivity contribution >= 4 is 17.2 Å². The maximum atomic E-state index is 5.53. The van der Waals surface area contributed by atoms with Crippen LogP contribution in [0.1, 0.15) is 19.8 Å². The smallest absolute Gasteiger partial charge is 0.0870 e. The Labute approximate surface area is 92.2 Å². The molecule has 0 spiro atoms. The first-order chi connectivity index (χ1) is 6.72. The molecule has 0 amide bonds. The van der Waals surface area contributed by atoms with Gasteiger partial charge in [0.05, 0.1) is 4.99 Å². The molecule has 0 bridgehead atoms. The molecule has 0 saturated carbocycles. The summed E-state index contributed by atoms with van der Waals surface area (Å²) in [6.45, 7) is 8.74. The van der Waals surface area contributed by atoms with Crippen LogP contribution in [0, 0.1) is 0 Å². The van der Waals surface area contributed by atoms with E-state index in [4.69, 9.17) is 18.0 Å². The van der Waals surface area contributed by atoms with Crippen molar-refractivity contribution in [1.82, 2.24) is 9.80 Å². The van der Waals surface area contributed by atoms with Crippen molar-refractivity contribution in [2.75, 3.05) is 39.3 Å². The maximum Gasteiger partial charge on any atom is 0.0870 e. The van der Waals surface area contributed by atoms with Crippen molar-refractivity contribution in [2.24, 2.45) is 5.73 Å². The Morgan fingerprint density at radius 2 is 2.07 bits per heavy atom. The molecule has 0 aliphatic carbocycles. The van der Waals surface area contributed by atoms with E-state index in [0.29, 0.717) is 4.99 Å². The zero-order valence-corrected chi connectivity index (χ0v) is 9.85. The van der Waals surface area contributed by atoms with Gasteiger partial charge in [0.1, 0.15) is 0 Å². The van der Waals surface area contributed by atoms with E-state index < -0.39 is 0 Å².